The highest BCUT2D eigenvalue weighted by molar-refractivity contribution is 7.20. The predicted octanol–water partition coefficient (Wildman–Crippen LogP) is 3.78. The summed E-state index contributed by atoms with van der Waals surface area (Å²) in [6, 6.07) is 6.73. The van der Waals surface area contributed by atoms with Gasteiger partial charge in [0.25, 0.3) is 5.91 Å². The number of aromatic nitrogens is 2. The highest BCUT2D eigenvalue weighted by Gasteiger charge is 2.34. The average molecular weight is 366 g/mol. The molecule has 0 saturated heterocycles. The van der Waals surface area contributed by atoms with E-state index in [0.717, 1.165) is 17.4 Å². The highest BCUT2D eigenvalue weighted by atomic mass is 32.1. The molecule has 5 nitrogen and oxygen atoms in total. The van der Waals surface area contributed by atoms with Crippen molar-refractivity contribution in [2.45, 2.75) is 6.18 Å². The maximum Gasteiger partial charge on any atom is 0.417 e. The number of nitrogens with zero attached hydrogens (tertiary/aromatic N) is 2. The van der Waals surface area contributed by atoms with E-state index < -0.39 is 11.7 Å². The van der Waals surface area contributed by atoms with Gasteiger partial charge in [0.2, 0.25) is 5.95 Å². The molecule has 9 heteroatoms. The second-order valence-corrected chi connectivity index (χ2v) is 6.13. The van der Waals surface area contributed by atoms with E-state index in [1.54, 1.807) is 7.05 Å². The number of halogens is 3. The number of nitrogens with one attached hydrogen (secondary N) is 2. The van der Waals surface area contributed by atoms with Crippen molar-refractivity contribution in [3.63, 3.8) is 0 Å². The van der Waals surface area contributed by atoms with E-state index in [0.29, 0.717) is 15.1 Å². The monoisotopic (exact) mass is 366 g/mol. The van der Waals surface area contributed by atoms with Crippen molar-refractivity contribution in [3.05, 3.63) is 40.8 Å². The fourth-order valence-electron chi connectivity index (χ4n) is 2.41. The largest absolute Gasteiger partial charge is 0.417 e. The molecule has 2 N–H and O–H groups in total. The number of fused-ring (bicyclic) bond motifs is 1. The first kappa shape index (κ1) is 17.2. The fourth-order valence-corrected chi connectivity index (χ4v) is 3.39. The van der Waals surface area contributed by atoms with E-state index in [1.807, 2.05) is 0 Å². The Morgan fingerprint density at radius 2 is 1.88 bits per heavy atom. The van der Waals surface area contributed by atoms with Crippen molar-refractivity contribution in [3.8, 4) is 11.3 Å². The Hall–Kier alpha value is -2.68. The summed E-state index contributed by atoms with van der Waals surface area (Å²) >= 11 is 1.10. The first-order valence-electron chi connectivity index (χ1n) is 7.23. The quantitative estimate of drug-likeness (QED) is 0.740. The smallest absolute Gasteiger partial charge is 0.357 e. The summed E-state index contributed by atoms with van der Waals surface area (Å²) in [4.78, 5) is 21.1. The number of rotatable bonds is 3. The van der Waals surface area contributed by atoms with Gasteiger partial charge in [0.1, 0.15) is 4.83 Å². The molecule has 0 aliphatic carbocycles. The molecule has 0 spiro atoms. The van der Waals surface area contributed by atoms with Crippen LogP contribution in [0.1, 0.15) is 15.2 Å². The van der Waals surface area contributed by atoms with Gasteiger partial charge in [-0.05, 0) is 12.1 Å². The molecule has 0 saturated carbocycles. The lowest BCUT2D eigenvalue weighted by molar-refractivity contribution is -0.137. The molecule has 0 aliphatic rings. The van der Waals surface area contributed by atoms with Crippen molar-refractivity contribution in [2.75, 3.05) is 19.4 Å². The van der Waals surface area contributed by atoms with Gasteiger partial charge in [-0.1, -0.05) is 18.2 Å². The Morgan fingerprint density at radius 3 is 2.52 bits per heavy atom. The van der Waals surface area contributed by atoms with E-state index in [1.165, 1.54) is 31.3 Å². The van der Waals surface area contributed by atoms with Crippen LogP contribution in [0.15, 0.2) is 30.3 Å². The van der Waals surface area contributed by atoms with E-state index in [-0.39, 0.29) is 23.1 Å². The van der Waals surface area contributed by atoms with Gasteiger partial charge in [0.05, 0.1) is 16.1 Å². The van der Waals surface area contributed by atoms with Gasteiger partial charge in [-0.25, -0.2) is 9.97 Å². The zero-order valence-corrected chi connectivity index (χ0v) is 14.0. The topological polar surface area (TPSA) is 66.9 Å². The molecular formula is C16H13F3N4OS. The van der Waals surface area contributed by atoms with E-state index in [2.05, 4.69) is 20.6 Å². The van der Waals surface area contributed by atoms with Gasteiger partial charge in [-0.3, -0.25) is 4.79 Å². The summed E-state index contributed by atoms with van der Waals surface area (Å²) in [7, 11) is 3.06. The summed E-state index contributed by atoms with van der Waals surface area (Å²) in [5, 5.41) is 5.64. The molecule has 0 fully saturated rings. The lowest BCUT2D eigenvalue weighted by atomic mass is 10.0. The second kappa shape index (κ2) is 6.32. The highest BCUT2D eigenvalue weighted by Crippen LogP contribution is 2.40. The molecule has 3 aromatic rings. The summed E-state index contributed by atoms with van der Waals surface area (Å²) in [5.74, 6) is -0.145. The molecule has 2 aromatic heterocycles. The van der Waals surface area contributed by atoms with Crippen LogP contribution in [0.5, 0.6) is 0 Å². The molecule has 3 rings (SSSR count). The molecule has 130 valence electrons. The molecule has 0 radical (unpaired) electrons. The lowest BCUT2D eigenvalue weighted by Gasteiger charge is -2.13. The first-order valence-corrected chi connectivity index (χ1v) is 8.04. The summed E-state index contributed by atoms with van der Waals surface area (Å²) < 4.78 is 40.2. The van der Waals surface area contributed by atoms with Crippen LogP contribution in [0.3, 0.4) is 0 Å². The molecule has 25 heavy (non-hydrogen) atoms. The molecule has 0 atom stereocenters. The number of benzene rings is 1. The summed E-state index contributed by atoms with van der Waals surface area (Å²) in [5.41, 5.74) is -0.710. The Morgan fingerprint density at radius 1 is 1.16 bits per heavy atom. The normalized spacial score (nSPS) is 11.6. The molecule has 0 bridgehead atoms. The predicted molar refractivity (Wildman–Crippen MR) is 90.8 cm³/mol. The Bertz CT molecular complexity index is 952. The molecule has 2 heterocycles. The minimum absolute atomic E-state index is 0.0554. The van der Waals surface area contributed by atoms with Crippen molar-refractivity contribution >= 4 is 33.4 Å². The Balaban J connectivity index is 2.33. The number of thiophene rings is 1. The number of hydrogen-bond donors (Lipinski definition) is 2. The van der Waals surface area contributed by atoms with Crippen LogP contribution in [0, 0.1) is 0 Å². The third kappa shape index (κ3) is 3.14. The second-order valence-electron chi connectivity index (χ2n) is 5.10. The van der Waals surface area contributed by atoms with Gasteiger partial charge >= 0.3 is 6.18 Å². The molecule has 0 aliphatic heterocycles. The maximum atomic E-state index is 13.4. The summed E-state index contributed by atoms with van der Waals surface area (Å²) in [6.45, 7) is 0. The van der Waals surface area contributed by atoms with Gasteiger partial charge in [-0.2, -0.15) is 13.2 Å². The van der Waals surface area contributed by atoms with Crippen molar-refractivity contribution in [2.24, 2.45) is 0 Å². The van der Waals surface area contributed by atoms with Gasteiger partial charge < -0.3 is 10.6 Å². The fraction of sp³-hybridized carbons (Fsp3) is 0.188. The van der Waals surface area contributed by atoms with Crippen LogP contribution in [0.4, 0.5) is 19.1 Å². The van der Waals surface area contributed by atoms with Gasteiger partial charge in [0, 0.05) is 25.0 Å². The number of amides is 1. The zero-order chi connectivity index (χ0) is 18.2. The van der Waals surface area contributed by atoms with Crippen LogP contribution >= 0.6 is 11.3 Å². The number of carbonyl (C=O) groups is 1. The van der Waals surface area contributed by atoms with Crippen molar-refractivity contribution in [1.82, 2.24) is 15.3 Å². The maximum absolute atomic E-state index is 13.4. The average Bonchev–Trinajstić information content (AvgIpc) is 3.03. The van der Waals surface area contributed by atoms with Crippen LogP contribution in [-0.2, 0) is 6.18 Å². The van der Waals surface area contributed by atoms with Crippen LogP contribution < -0.4 is 10.6 Å². The van der Waals surface area contributed by atoms with Crippen LogP contribution in [-0.4, -0.2) is 30.0 Å². The third-order valence-corrected chi connectivity index (χ3v) is 4.58. The van der Waals surface area contributed by atoms with Crippen molar-refractivity contribution in [1.29, 1.82) is 0 Å². The van der Waals surface area contributed by atoms with E-state index in [4.69, 9.17) is 0 Å². The van der Waals surface area contributed by atoms with Gasteiger partial charge in [0.15, 0.2) is 0 Å². The van der Waals surface area contributed by atoms with E-state index in [9.17, 15) is 18.0 Å². The number of anilines is 1. The Labute approximate surface area is 144 Å². The van der Waals surface area contributed by atoms with Crippen LogP contribution in [0.25, 0.3) is 21.5 Å². The zero-order valence-electron chi connectivity index (χ0n) is 13.2. The lowest BCUT2D eigenvalue weighted by Crippen LogP contribution is -2.15. The third-order valence-electron chi connectivity index (χ3n) is 3.55. The molecule has 1 amide bonds. The molecule has 0 unspecified atom stereocenters. The number of carbonyl (C=O) groups excluding carboxylic acids is 1. The Kier molecular flexibility index (Phi) is 4.34. The van der Waals surface area contributed by atoms with Crippen LogP contribution in [0.2, 0.25) is 0 Å². The number of hydrogen-bond acceptors (Lipinski definition) is 5. The van der Waals surface area contributed by atoms with Crippen molar-refractivity contribution < 1.29 is 18.0 Å². The number of alkyl halides is 3. The van der Waals surface area contributed by atoms with Gasteiger partial charge in [-0.15, -0.1) is 11.3 Å². The minimum atomic E-state index is -4.52. The molecule has 1 aromatic carbocycles. The molecular weight excluding hydrogens is 353 g/mol. The SMILES string of the molecule is CNC(=O)c1cc2c(-c3ccccc3C(F)(F)F)nc(NC)nc2s1. The minimum Gasteiger partial charge on any atom is -0.357 e. The summed E-state index contributed by atoms with van der Waals surface area (Å²) in [6.07, 6.45) is -4.52. The van der Waals surface area contributed by atoms with E-state index >= 15 is 0 Å². The first-order chi connectivity index (χ1) is 11.8. The standard InChI is InChI=1S/C16H13F3N4OS/c1-20-13(24)11-7-9-12(22-15(21-2)23-14(9)25-11)8-5-3-4-6-10(8)16(17,18)19/h3-7H,1-2H3,(H,20,24)(H,21,22,23).